The lowest BCUT2D eigenvalue weighted by atomic mass is 10.2. The van der Waals surface area contributed by atoms with Crippen molar-refractivity contribution >= 4 is 22.0 Å². The number of halogens is 2. The van der Waals surface area contributed by atoms with Crippen molar-refractivity contribution in [2.45, 2.75) is 17.4 Å². The number of carbonyl (C=O) groups excluding carboxylic acids is 2. The van der Waals surface area contributed by atoms with Crippen LogP contribution in [0.4, 0.5) is 13.6 Å². The summed E-state index contributed by atoms with van der Waals surface area (Å²) in [7, 11) is -4.02. The molecule has 124 valence electrons. The van der Waals surface area contributed by atoms with E-state index in [2.05, 4.69) is 5.32 Å². The number of hydrogen-bond acceptors (Lipinski definition) is 4. The van der Waals surface area contributed by atoms with Gasteiger partial charge in [0.1, 0.15) is 0 Å². The van der Waals surface area contributed by atoms with E-state index in [-0.39, 0.29) is 24.5 Å². The third kappa shape index (κ3) is 2.68. The van der Waals surface area contributed by atoms with Crippen LogP contribution in [0.15, 0.2) is 23.1 Å². The van der Waals surface area contributed by atoms with E-state index in [1.165, 1.54) is 0 Å². The molecule has 0 radical (unpaired) electrons. The molecular weight excluding hydrogens is 332 g/mol. The van der Waals surface area contributed by atoms with Crippen molar-refractivity contribution in [3.8, 4) is 0 Å². The summed E-state index contributed by atoms with van der Waals surface area (Å²) in [5.41, 5.74) is 0. The Morgan fingerprint density at radius 3 is 2.52 bits per heavy atom. The topological polar surface area (TPSA) is 86.8 Å². The van der Waals surface area contributed by atoms with Gasteiger partial charge in [0.05, 0.1) is 17.5 Å². The van der Waals surface area contributed by atoms with Crippen molar-refractivity contribution in [1.29, 1.82) is 0 Å². The minimum Gasteiger partial charge on any atom is -0.329 e. The summed E-state index contributed by atoms with van der Waals surface area (Å²) in [6.07, 6.45) is 0.294. The average molecular weight is 345 g/mol. The zero-order valence-corrected chi connectivity index (χ0v) is 12.6. The zero-order valence-electron chi connectivity index (χ0n) is 11.8. The fraction of sp³-hybridized carbons (Fsp3) is 0.385. The second-order valence-electron chi connectivity index (χ2n) is 5.30. The van der Waals surface area contributed by atoms with Crippen LogP contribution in [0.2, 0.25) is 0 Å². The van der Waals surface area contributed by atoms with Gasteiger partial charge in [-0.1, -0.05) is 0 Å². The molecule has 3 amide bonds. The summed E-state index contributed by atoms with van der Waals surface area (Å²) in [5, 5.41) is 2.37. The van der Waals surface area contributed by atoms with E-state index in [0.29, 0.717) is 12.5 Å². The van der Waals surface area contributed by atoms with Crippen molar-refractivity contribution in [1.82, 2.24) is 14.5 Å². The first-order valence-electron chi connectivity index (χ1n) is 6.86. The second kappa shape index (κ2) is 5.53. The van der Waals surface area contributed by atoms with E-state index >= 15 is 0 Å². The Bertz CT molecular complexity index is 767. The summed E-state index contributed by atoms with van der Waals surface area (Å²) in [6, 6.07) is 1.23. The number of imide groups is 1. The Hall–Kier alpha value is -2.07. The fourth-order valence-electron chi connectivity index (χ4n) is 2.73. The highest BCUT2D eigenvalue weighted by atomic mass is 32.2. The number of sulfonamides is 1. The Morgan fingerprint density at radius 2 is 1.91 bits per heavy atom. The molecule has 0 bridgehead atoms. The SMILES string of the molecule is O=C1CNC(=O)N1C1CCN(S(=O)(=O)c2ccc(F)c(F)c2)C1. The molecule has 2 aliphatic heterocycles. The van der Waals surface area contributed by atoms with Crippen LogP contribution in [0.5, 0.6) is 0 Å². The molecule has 2 aliphatic rings. The molecule has 0 spiro atoms. The average Bonchev–Trinajstić information content (AvgIpc) is 3.09. The van der Waals surface area contributed by atoms with Gasteiger partial charge in [-0.2, -0.15) is 4.31 Å². The molecule has 1 aromatic carbocycles. The van der Waals surface area contributed by atoms with Crippen molar-refractivity contribution in [3.05, 3.63) is 29.8 Å². The van der Waals surface area contributed by atoms with Gasteiger partial charge in [-0.15, -0.1) is 0 Å². The quantitative estimate of drug-likeness (QED) is 0.797. The highest BCUT2D eigenvalue weighted by molar-refractivity contribution is 7.89. The number of benzene rings is 1. The van der Waals surface area contributed by atoms with Gasteiger partial charge in [0.25, 0.3) is 0 Å². The lowest BCUT2D eigenvalue weighted by Crippen LogP contribution is -2.42. The highest BCUT2D eigenvalue weighted by Crippen LogP contribution is 2.25. The van der Waals surface area contributed by atoms with Crippen molar-refractivity contribution < 1.29 is 26.8 Å². The van der Waals surface area contributed by atoms with Crippen LogP contribution in [0.3, 0.4) is 0 Å². The first-order chi connectivity index (χ1) is 10.8. The van der Waals surface area contributed by atoms with Crippen LogP contribution in [-0.4, -0.2) is 55.2 Å². The molecule has 10 heteroatoms. The maximum Gasteiger partial charge on any atom is 0.324 e. The van der Waals surface area contributed by atoms with E-state index in [4.69, 9.17) is 0 Å². The number of amides is 3. The molecule has 1 aromatic rings. The van der Waals surface area contributed by atoms with Crippen molar-refractivity contribution in [3.63, 3.8) is 0 Å². The van der Waals surface area contributed by atoms with Crippen LogP contribution in [0, 0.1) is 11.6 Å². The van der Waals surface area contributed by atoms with Gasteiger partial charge in [0.2, 0.25) is 15.9 Å². The van der Waals surface area contributed by atoms with E-state index < -0.39 is 39.6 Å². The molecule has 2 fully saturated rings. The summed E-state index contributed by atoms with van der Waals surface area (Å²) >= 11 is 0. The molecular formula is C13H13F2N3O4S. The molecule has 0 saturated carbocycles. The van der Waals surface area contributed by atoms with Gasteiger partial charge in [0.15, 0.2) is 11.6 Å². The summed E-state index contributed by atoms with van der Waals surface area (Å²) in [6.45, 7) is -0.0885. The minimum atomic E-state index is -4.02. The van der Waals surface area contributed by atoms with Crippen LogP contribution in [0.1, 0.15) is 6.42 Å². The molecule has 1 atom stereocenters. The van der Waals surface area contributed by atoms with Crippen LogP contribution in [-0.2, 0) is 14.8 Å². The predicted octanol–water partition coefficient (Wildman–Crippen LogP) is 0.280. The maximum absolute atomic E-state index is 13.3. The standard InChI is InChI=1S/C13H13F2N3O4S/c14-10-2-1-9(5-11(10)15)23(21,22)17-4-3-8(7-17)18-12(19)6-16-13(18)20/h1-2,5,8H,3-4,6-7H2,(H,16,20). The number of nitrogens with one attached hydrogen (secondary N) is 1. The molecule has 0 aromatic heterocycles. The third-order valence-corrected chi connectivity index (χ3v) is 5.76. The zero-order chi connectivity index (χ0) is 16.8. The van der Waals surface area contributed by atoms with Crippen LogP contribution in [0.25, 0.3) is 0 Å². The van der Waals surface area contributed by atoms with Crippen molar-refractivity contribution in [2.75, 3.05) is 19.6 Å². The number of nitrogens with zero attached hydrogens (tertiary/aromatic N) is 2. The van der Waals surface area contributed by atoms with E-state index in [9.17, 15) is 26.8 Å². The molecule has 2 saturated heterocycles. The van der Waals surface area contributed by atoms with Gasteiger partial charge in [-0.25, -0.2) is 22.0 Å². The molecule has 1 unspecified atom stereocenters. The normalized spacial score (nSPS) is 22.7. The van der Waals surface area contributed by atoms with Gasteiger partial charge in [-0.05, 0) is 24.6 Å². The smallest absolute Gasteiger partial charge is 0.324 e. The lowest BCUT2D eigenvalue weighted by Gasteiger charge is -2.21. The number of hydrogen-bond donors (Lipinski definition) is 1. The molecule has 1 N–H and O–H groups in total. The fourth-order valence-corrected chi connectivity index (χ4v) is 4.24. The highest BCUT2D eigenvalue weighted by Gasteiger charge is 2.41. The minimum absolute atomic E-state index is 0.0690. The van der Waals surface area contributed by atoms with E-state index in [1.807, 2.05) is 0 Å². The summed E-state index contributed by atoms with van der Waals surface area (Å²) in [5.74, 6) is -2.80. The van der Waals surface area contributed by atoms with E-state index in [0.717, 1.165) is 21.3 Å². The molecule has 3 rings (SSSR count). The predicted molar refractivity (Wildman–Crippen MR) is 73.8 cm³/mol. The monoisotopic (exact) mass is 345 g/mol. The largest absolute Gasteiger partial charge is 0.329 e. The number of carbonyl (C=O) groups is 2. The molecule has 2 heterocycles. The Morgan fingerprint density at radius 1 is 1.17 bits per heavy atom. The second-order valence-corrected chi connectivity index (χ2v) is 7.24. The van der Waals surface area contributed by atoms with Crippen LogP contribution >= 0.6 is 0 Å². The number of rotatable bonds is 3. The third-order valence-electron chi connectivity index (χ3n) is 3.90. The molecule has 7 nitrogen and oxygen atoms in total. The van der Waals surface area contributed by atoms with Crippen LogP contribution < -0.4 is 5.32 Å². The van der Waals surface area contributed by atoms with Gasteiger partial charge in [-0.3, -0.25) is 9.69 Å². The van der Waals surface area contributed by atoms with E-state index in [1.54, 1.807) is 0 Å². The Labute approximate surface area is 130 Å². The molecule has 23 heavy (non-hydrogen) atoms. The maximum atomic E-state index is 13.3. The summed E-state index contributed by atoms with van der Waals surface area (Å²) in [4.78, 5) is 23.9. The van der Waals surface area contributed by atoms with Gasteiger partial charge >= 0.3 is 6.03 Å². The molecule has 0 aliphatic carbocycles. The first kappa shape index (κ1) is 15.8. The Balaban J connectivity index is 1.81. The lowest BCUT2D eigenvalue weighted by molar-refractivity contribution is -0.126. The van der Waals surface area contributed by atoms with Gasteiger partial charge in [0, 0.05) is 13.1 Å². The number of urea groups is 1. The Kier molecular flexibility index (Phi) is 3.80. The first-order valence-corrected chi connectivity index (χ1v) is 8.30. The summed E-state index contributed by atoms with van der Waals surface area (Å²) < 4.78 is 52.2. The van der Waals surface area contributed by atoms with Crippen molar-refractivity contribution in [2.24, 2.45) is 0 Å². The van der Waals surface area contributed by atoms with Gasteiger partial charge < -0.3 is 5.32 Å².